The van der Waals surface area contributed by atoms with Crippen molar-refractivity contribution in [2.24, 2.45) is 0 Å². The van der Waals surface area contributed by atoms with Crippen LogP contribution in [0.1, 0.15) is 19.4 Å². The lowest BCUT2D eigenvalue weighted by Gasteiger charge is -2.19. The number of benzene rings is 3. The van der Waals surface area contributed by atoms with Crippen molar-refractivity contribution in [1.29, 1.82) is 5.41 Å². The van der Waals surface area contributed by atoms with E-state index in [0.717, 1.165) is 11.1 Å². The molecule has 0 aromatic heterocycles. The van der Waals surface area contributed by atoms with Gasteiger partial charge in [0.1, 0.15) is 5.60 Å². The monoisotopic (exact) mass is 502 g/mol. The number of halogens is 2. The minimum atomic E-state index is -3.33. The number of hydrogen-bond acceptors (Lipinski definition) is 5. The highest BCUT2D eigenvalue weighted by Crippen LogP contribution is 2.33. The summed E-state index contributed by atoms with van der Waals surface area (Å²) in [5, 5.41) is 22.5. The smallest absolute Gasteiger partial charge is 0.175 e. The number of aliphatic hydroxyl groups is 1. The molecule has 0 saturated carbocycles. The van der Waals surface area contributed by atoms with Gasteiger partial charge in [0.25, 0.3) is 0 Å². The molecule has 172 valence electrons. The third kappa shape index (κ3) is 6.24. The van der Waals surface area contributed by atoms with Crippen LogP contribution in [0.4, 0.5) is 5.69 Å². The average molecular weight is 503 g/mol. The van der Waals surface area contributed by atoms with E-state index < -0.39 is 15.4 Å². The molecule has 0 saturated heterocycles. The quantitative estimate of drug-likeness (QED) is 0.330. The zero-order chi connectivity index (χ0) is 24.4. The van der Waals surface area contributed by atoms with Crippen LogP contribution in [0.15, 0.2) is 77.7 Å². The van der Waals surface area contributed by atoms with E-state index in [-0.39, 0.29) is 10.6 Å². The fraction of sp³-hybridized carbons (Fsp3) is 0.160. The molecular formula is C25H24Cl2N2O3S. The predicted molar refractivity (Wildman–Crippen MR) is 137 cm³/mol. The van der Waals surface area contributed by atoms with Crippen LogP contribution in [0, 0.1) is 5.41 Å². The molecule has 8 heteroatoms. The van der Waals surface area contributed by atoms with E-state index >= 15 is 0 Å². The Morgan fingerprint density at radius 2 is 1.64 bits per heavy atom. The number of rotatable bonds is 7. The van der Waals surface area contributed by atoms with Crippen molar-refractivity contribution in [1.82, 2.24) is 0 Å². The van der Waals surface area contributed by atoms with Crippen LogP contribution in [0.5, 0.6) is 0 Å². The molecule has 0 radical (unpaired) electrons. The second-order valence-corrected chi connectivity index (χ2v) is 11.0. The average Bonchev–Trinajstić information content (AvgIpc) is 2.73. The lowest BCUT2D eigenvalue weighted by atomic mass is 10.00. The van der Waals surface area contributed by atoms with Crippen LogP contribution in [-0.2, 0) is 9.84 Å². The molecule has 3 N–H and O–H groups in total. The van der Waals surface area contributed by atoms with Gasteiger partial charge >= 0.3 is 0 Å². The molecule has 0 aliphatic heterocycles. The Morgan fingerprint density at radius 3 is 2.24 bits per heavy atom. The van der Waals surface area contributed by atoms with Crippen LogP contribution >= 0.6 is 23.2 Å². The highest BCUT2D eigenvalue weighted by Gasteiger charge is 2.20. The molecular weight excluding hydrogens is 479 g/mol. The molecule has 33 heavy (non-hydrogen) atoms. The Hall–Kier alpha value is -2.64. The van der Waals surface area contributed by atoms with E-state index in [4.69, 9.17) is 28.6 Å². The Bertz CT molecular complexity index is 1340. The van der Waals surface area contributed by atoms with Gasteiger partial charge in [-0.2, -0.15) is 0 Å². The summed E-state index contributed by atoms with van der Waals surface area (Å²) >= 11 is 12.9. The number of hydrogen-bond donors (Lipinski definition) is 3. The molecule has 0 amide bonds. The van der Waals surface area contributed by atoms with Crippen LogP contribution in [0.2, 0.25) is 10.0 Å². The third-order valence-corrected chi connectivity index (χ3v) is 6.70. The SMILES string of the molecule is CC(C)(O)C(=N)/C=C(\Nc1ccc(-c2cccc(S(C)(=O)=O)c2)cc1Cl)c1ccccc1Cl. The minimum absolute atomic E-state index is 0.00440. The Labute approximate surface area is 204 Å². The molecule has 3 rings (SSSR count). The van der Waals surface area contributed by atoms with Gasteiger partial charge in [-0.1, -0.05) is 59.6 Å². The van der Waals surface area contributed by atoms with Crippen molar-refractivity contribution in [3.63, 3.8) is 0 Å². The first-order valence-electron chi connectivity index (χ1n) is 10.0. The second-order valence-electron chi connectivity index (χ2n) is 8.13. The fourth-order valence-electron chi connectivity index (χ4n) is 3.03. The summed E-state index contributed by atoms with van der Waals surface area (Å²) in [6.45, 7) is 3.06. The van der Waals surface area contributed by atoms with E-state index in [1.165, 1.54) is 26.2 Å². The maximum absolute atomic E-state index is 11.9. The van der Waals surface area contributed by atoms with Gasteiger partial charge in [-0.25, -0.2) is 8.42 Å². The molecule has 5 nitrogen and oxygen atoms in total. The van der Waals surface area contributed by atoms with Gasteiger partial charge in [0.05, 0.1) is 21.3 Å². The van der Waals surface area contributed by atoms with Crippen molar-refractivity contribution >= 4 is 50.1 Å². The van der Waals surface area contributed by atoms with E-state index in [2.05, 4.69) is 5.32 Å². The summed E-state index contributed by atoms with van der Waals surface area (Å²) in [6.07, 6.45) is 2.68. The molecule has 0 bridgehead atoms. The zero-order valence-electron chi connectivity index (χ0n) is 18.4. The molecule has 0 unspecified atom stereocenters. The van der Waals surface area contributed by atoms with E-state index in [1.807, 2.05) is 18.2 Å². The molecule has 0 spiro atoms. The highest BCUT2D eigenvalue weighted by atomic mass is 35.5. The van der Waals surface area contributed by atoms with E-state index in [9.17, 15) is 13.5 Å². The van der Waals surface area contributed by atoms with Crippen LogP contribution in [0.3, 0.4) is 0 Å². The molecule has 0 fully saturated rings. The Kier molecular flexibility index (Phi) is 7.34. The summed E-state index contributed by atoms with van der Waals surface area (Å²) in [6, 6.07) is 19.1. The minimum Gasteiger partial charge on any atom is -0.384 e. The normalized spacial score (nSPS) is 12.5. The van der Waals surface area contributed by atoms with E-state index in [0.29, 0.717) is 27.0 Å². The van der Waals surface area contributed by atoms with Crippen molar-refractivity contribution in [2.45, 2.75) is 24.3 Å². The van der Waals surface area contributed by atoms with Crippen LogP contribution < -0.4 is 5.32 Å². The zero-order valence-corrected chi connectivity index (χ0v) is 20.7. The largest absolute Gasteiger partial charge is 0.384 e. The van der Waals surface area contributed by atoms with Gasteiger partial charge in [0.2, 0.25) is 0 Å². The van der Waals surface area contributed by atoms with Gasteiger partial charge in [-0.3, -0.25) is 0 Å². The first kappa shape index (κ1) is 25.0. The molecule has 0 aliphatic rings. The summed E-state index contributed by atoms with van der Waals surface area (Å²) < 4.78 is 23.8. The molecule has 3 aromatic rings. The van der Waals surface area contributed by atoms with Gasteiger partial charge < -0.3 is 15.8 Å². The first-order chi connectivity index (χ1) is 15.4. The van der Waals surface area contributed by atoms with Gasteiger partial charge in [-0.05, 0) is 61.4 Å². The summed E-state index contributed by atoms with van der Waals surface area (Å²) in [7, 11) is -3.33. The third-order valence-electron chi connectivity index (χ3n) is 4.95. The Balaban J connectivity index is 2.01. The predicted octanol–water partition coefficient (Wildman–Crippen LogP) is 6.31. The lowest BCUT2D eigenvalue weighted by molar-refractivity contribution is 0.154. The second kappa shape index (κ2) is 9.69. The molecule has 0 atom stereocenters. The molecule has 0 aliphatic carbocycles. The van der Waals surface area contributed by atoms with Crippen molar-refractivity contribution in [3.8, 4) is 11.1 Å². The lowest BCUT2D eigenvalue weighted by Crippen LogP contribution is -2.29. The maximum atomic E-state index is 11.9. The van der Waals surface area contributed by atoms with Crippen LogP contribution in [0.25, 0.3) is 16.8 Å². The van der Waals surface area contributed by atoms with E-state index in [1.54, 1.807) is 48.5 Å². The fourth-order valence-corrected chi connectivity index (χ4v) is 4.16. The van der Waals surface area contributed by atoms with Crippen LogP contribution in [-0.4, -0.2) is 31.1 Å². The summed E-state index contributed by atoms with van der Waals surface area (Å²) in [5.74, 6) is 0. The highest BCUT2D eigenvalue weighted by molar-refractivity contribution is 7.90. The van der Waals surface area contributed by atoms with Crippen molar-refractivity contribution < 1.29 is 13.5 Å². The van der Waals surface area contributed by atoms with Gasteiger partial charge in [0.15, 0.2) is 9.84 Å². The summed E-state index contributed by atoms with van der Waals surface area (Å²) in [5.41, 5.74) is 1.84. The first-order valence-corrected chi connectivity index (χ1v) is 12.7. The number of nitrogens with one attached hydrogen (secondary N) is 2. The van der Waals surface area contributed by atoms with Gasteiger partial charge in [-0.15, -0.1) is 0 Å². The van der Waals surface area contributed by atoms with Gasteiger partial charge in [0, 0.05) is 22.5 Å². The number of anilines is 1. The standard InChI is InChI=1S/C25H24Cl2N2O3S/c1-25(2,30)24(28)15-23(19-9-4-5-10-20(19)26)29-22-12-11-17(14-21(22)27)16-7-6-8-18(13-16)33(3,31)32/h4-15,28-30H,1-3H3/b23-15-,28-24?. The molecule has 0 heterocycles. The molecule has 3 aromatic carbocycles. The topological polar surface area (TPSA) is 90.2 Å². The number of sulfone groups is 1. The summed E-state index contributed by atoms with van der Waals surface area (Å²) in [4.78, 5) is 0.229. The van der Waals surface area contributed by atoms with Crippen molar-refractivity contribution in [3.05, 3.63) is 88.4 Å². The maximum Gasteiger partial charge on any atom is 0.175 e. The van der Waals surface area contributed by atoms with Crippen molar-refractivity contribution in [2.75, 3.05) is 11.6 Å². The Morgan fingerprint density at radius 1 is 0.970 bits per heavy atom.